The maximum atomic E-state index is 12.6. The Morgan fingerprint density at radius 2 is 1.96 bits per heavy atom. The summed E-state index contributed by atoms with van der Waals surface area (Å²) in [7, 11) is 0. The molecule has 121 valence electrons. The Labute approximate surface area is 137 Å². The van der Waals surface area contributed by atoms with Crippen LogP contribution in [0.4, 0.5) is 0 Å². The number of fused-ring (bicyclic) bond motifs is 6. The highest BCUT2D eigenvalue weighted by molar-refractivity contribution is 6.10. The van der Waals surface area contributed by atoms with E-state index in [-0.39, 0.29) is 22.5 Å². The molecule has 1 radical (unpaired) electrons. The lowest BCUT2D eigenvalue weighted by molar-refractivity contribution is 0.269. The van der Waals surface area contributed by atoms with Crippen LogP contribution < -0.4 is 15.8 Å². The van der Waals surface area contributed by atoms with Gasteiger partial charge in [0.1, 0.15) is 23.0 Å². The van der Waals surface area contributed by atoms with E-state index in [2.05, 4.69) is 6.07 Å². The molecule has 5 nitrogen and oxygen atoms in total. The molecule has 3 aromatic rings. The minimum atomic E-state index is -0.611. The highest BCUT2D eigenvalue weighted by atomic mass is 16.5. The molecule has 2 aromatic heterocycles. The summed E-state index contributed by atoms with van der Waals surface area (Å²) >= 11 is 0. The second kappa shape index (κ2) is 5.09. The molecule has 0 saturated heterocycles. The Morgan fingerprint density at radius 1 is 1.17 bits per heavy atom. The average Bonchev–Trinajstić information content (AvgIpc) is 2.53. The van der Waals surface area contributed by atoms with Crippen molar-refractivity contribution in [2.45, 2.75) is 33.3 Å². The Bertz CT molecular complexity index is 1130. The van der Waals surface area contributed by atoms with Crippen molar-refractivity contribution in [3.63, 3.8) is 0 Å². The summed E-state index contributed by atoms with van der Waals surface area (Å²) in [4.78, 5) is 24.5. The van der Waals surface area contributed by atoms with E-state index < -0.39 is 5.63 Å². The summed E-state index contributed by atoms with van der Waals surface area (Å²) < 4.78 is 17.1. The summed E-state index contributed by atoms with van der Waals surface area (Å²) in [6, 6.07) is 4.10. The molecular formula is C19H15O5. The first-order chi connectivity index (χ1) is 11.5. The minimum absolute atomic E-state index is 0.133. The molecule has 0 fully saturated rings. The Kier molecular flexibility index (Phi) is 3.13. The third kappa shape index (κ3) is 2.01. The Morgan fingerprint density at radius 3 is 2.71 bits per heavy atom. The predicted molar refractivity (Wildman–Crippen MR) is 90.6 cm³/mol. The van der Waals surface area contributed by atoms with E-state index in [0.29, 0.717) is 40.0 Å². The van der Waals surface area contributed by atoms with Gasteiger partial charge in [-0.1, -0.05) is 6.92 Å². The predicted octanol–water partition coefficient (Wildman–Crippen LogP) is 3.36. The summed E-state index contributed by atoms with van der Waals surface area (Å²) in [5.74, 6) is 1.06. The summed E-state index contributed by atoms with van der Waals surface area (Å²) in [6.45, 7) is 5.54. The van der Waals surface area contributed by atoms with Crippen molar-refractivity contribution in [3.05, 3.63) is 55.7 Å². The lowest BCUT2D eigenvalue weighted by Gasteiger charge is -2.22. The quantitative estimate of drug-likeness (QED) is 0.507. The van der Waals surface area contributed by atoms with Crippen LogP contribution in [-0.4, -0.2) is 6.10 Å². The fourth-order valence-electron chi connectivity index (χ4n) is 3.16. The van der Waals surface area contributed by atoms with Crippen LogP contribution in [0.15, 0.2) is 30.6 Å². The van der Waals surface area contributed by atoms with E-state index >= 15 is 0 Å². The average molecular weight is 323 g/mol. The first-order valence-electron chi connectivity index (χ1n) is 7.84. The van der Waals surface area contributed by atoms with Crippen LogP contribution in [0, 0.1) is 13.0 Å². The SMILES string of the molecule is CCc1[c]c(=O)oc2c1c1c(c3oc(C)cc(=O)c32)C=CC(C)O1. The molecular weight excluding hydrogens is 308 g/mol. The molecule has 5 heteroatoms. The van der Waals surface area contributed by atoms with E-state index in [1.54, 1.807) is 6.92 Å². The molecule has 0 bridgehead atoms. The van der Waals surface area contributed by atoms with Crippen LogP contribution >= 0.6 is 0 Å². The van der Waals surface area contributed by atoms with Gasteiger partial charge in [0, 0.05) is 6.07 Å². The molecule has 1 atom stereocenters. The summed E-state index contributed by atoms with van der Waals surface area (Å²) in [5, 5.41) is 0.880. The van der Waals surface area contributed by atoms with Crippen molar-refractivity contribution in [1.29, 1.82) is 0 Å². The van der Waals surface area contributed by atoms with Crippen molar-refractivity contribution in [2.75, 3.05) is 0 Å². The molecule has 0 spiro atoms. The van der Waals surface area contributed by atoms with E-state index in [9.17, 15) is 9.59 Å². The topological polar surface area (TPSA) is 69.7 Å². The number of hydrogen-bond donors (Lipinski definition) is 0. The van der Waals surface area contributed by atoms with Gasteiger partial charge in [0.2, 0.25) is 0 Å². The fraction of sp³-hybridized carbons (Fsp3) is 0.263. The van der Waals surface area contributed by atoms with Gasteiger partial charge in [0.15, 0.2) is 16.6 Å². The van der Waals surface area contributed by atoms with Gasteiger partial charge < -0.3 is 13.6 Å². The maximum absolute atomic E-state index is 12.6. The van der Waals surface area contributed by atoms with Gasteiger partial charge >= 0.3 is 5.63 Å². The van der Waals surface area contributed by atoms with Crippen molar-refractivity contribution >= 4 is 28.0 Å². The van der Waals surface area contributed by atoms with Crippen LogP contribution in [0.5, 0.6) is 5.75 Å². The number of ether oxygens (including phenoxy) is 1. The molecule has 1 aromatic carbocycles. The van der Waals surface area contributed by atoms with Crippen molar-refractivity contribution in [3.8, 4) is 5.75 Å². The van der Waals surface area contributed by atoms with Crippen molar-refractivity contribution in [2.24, 2.45) is 0 Å². The van der Waals surface area contributed by atoms with E-state index in [1.165, 1.54) is 6.07 Å². The molecule has 0 amide bonds. The van der Waals surface area contributed by atoms with E-state index in [1.807, 2.05) is 26.0 Å². The lowest BCUT2D eigenvalue weighted by atomic mass is 9.97. The number of aryl methyl sites for hydroxylation is 2. The zero-order valence-electron chi connectivity index (χ0n) is 13.6. The minimum Gasteiger partial charge on any atom is -0.485 e. The summed E-state index contributed by atoms with van der Waals surface area (Å²) in [6.07, 6.45) is 4.22. The largest absolute Gasteiger partial charge is 0.485 e. The third-order valence-corrected chi connectivity index (χ3v) is 4.18. The van der Waals surface area contributed by atoms with Gasteiger partial charge in [-0.3, -0.25) is 4.79 Å². The zero-order chi connectivity index (χ0) is 17.0. The lowest BCUT2D eigenvalue weighted by Crippen LogP contribution is -2.15. The highest BCUT2D eigenvalue weighted by Crippen LogP contribution is 2.41. The monoisotopic (exact) mass is 323 g/mol. The second-order valence-corrected chi connectivity index (χ2v) is 5.90. The molecule has 24 heavy (non-hydrogen) atoms. The zero-order valence-corrected chi connectivity index (χ0v) is 13.6. The van der Waals surface area contributed by atoms with Gasteiger partial charge in [-0.05, 0) is 38.0 Å². The number of rotatable bonds is 1. The molecule has 0 saturated carbocycles. The molecule has 4 rings (SSSR count). The molecule has 1 unspecified atom stereocenters. The van der Waals surface area contributed by atoms with Gasteiger partial charge in [-0.2, -0.15) is 0 Å². The number of benzene rings is 1. The molecule has 1 aliphatic rings. The van der Waals surface area contributed by atoms with Crippen molar-refractivity contribution < 1.29 is 13.6 Å². The van der Waals surface area contributed by atoms with Gasteiger partial charge in [0.05, 0.1) is 17.0 Å². The maximum Gasteiger partial charge on any atom is 0.344 e. The van der Waals surface area contributed by atoms with Gasteiger partial charge in [-0.25, -0.2) is 4.79 Å². The van der Waals surface area contributed by atoms with Crippen LogP contribution in [0.2, 0.25) is 0 Å². The first kappa shape index (κ1) is 14.8. The molecule has 0 aliphatic carbocycles. The first-order valence-corrected chi connectivity index (χ1v) is 7.84. The standard InChI is InChI=1S/C19H15O5/c1-4-11-8-14(21)24-19-15(11)17-12(6-5-9(2)22-17)18-16(19)13(20)7-10(3)23-18/h5-7,9H,4H2,1-3H3. The molecule has 3 heterocycles. The van der Waals surface area contributed by atoms with Crippen LogP contribution in [0.3, 0.4) is 0 Å². The van der Waals surface area contributed by atoms with Crippen LogP contribution in [0.25, 0.3) is 28.0 Å². The molecule has 1 aliphatic heterocycles. The van der Waals surface area contributed by atoms with Gasteiger partial charge in [-0.15, -0.1) is 0 Å². The highest BCUT2D eigenvalue weighted by Gasteiger charge is 2.25. The smallest absolute Gasteiger partial charge is 0.344 e. The molecule has 0 N–H and O–H groups in total. The normalized spacial score (nSPS) is 16.4. The third-order valence-electron chi connectivity index (χ3n) is 4.18. The van der Waals surface area contributed by atoms with Crippen LogP contribution in [0.1, 0.15) is 30.7 Å². The fourth-order valence-corrected chi connectivity index (χ4v) is 3.16. The van der Waals surface area contributed by atoms with Gasteiger partial charge in [0.25, 0.3) is 0 Å². The Balaban J connectivity index is 2.37. The van der Waals surface area contributed by atoms with Crippen molar-refractivity contribution in [1.82, 2.24) is 0 Å². The second-order valence-electron chi connectivity index (χ2n) is 5.90. The summed E-state index contributed by atoms with van der Waals surface area (Å²) in [5.41, 5.74) is 1.09. The van der Waals surface area contributed by atoms with E-state index in [4.69, 9.17) is 13.6 Å². The number of hydrogen-bond acceptors (Lipinski definition) is 5. The Hall–Kier alpha value is -2.82. The van der Waals surface area contributed by atoms with Crippen LogP contribution in [-0.2, 0) is 6.42 Å². The van der Waals surface area contributed by atoms with E-state index in [0.717, 1.165) is 0 Å².